The van der Waals surface area contributed by atoms with Crippen molar-refractivity contribution < 1.29 is 0 Å². The highest BCUT2D eigenvalue weighted by Gasteiger charge is 2.26. The van der Waals surface area contributed by atoms with Crippen molar-refractivity contribution in [2.45, 2.75) is 64.3 Å². The predicted molar refractivity (Wildman–Crippen MR) is 78.9 cm³/mol. The summed E-state index contributed by atoms with van der Waals surface area (Å²) in [6, 6.07) is 0.781. The molecule has 1 saturated heterocycles. The van der Waals surface area contributed by atoms with Crippen molar-refractivity contribution in [1.82, 2.24) is 10.2 Å². The van der Waals surface area contributed by atoms with Gasteiger partial charge in [-0.3, -0.25) is 0 Å². The van der Waals surface area contributed by atoms with E-state index in [4.69, 9.17) is 0 Å². The third-order valence-corrected chi connectivity index (χ3v) is 5.29. The molecular formula is C16H32N2. The quantitative estimate of drug-likeness (QED) is 0.826. The largest absolute Gasteiger partial charge is 0.317 e. The van der Waals surface area contributed by atoms with Gasteiger partial charge in [-0.15, -0.1) is 0 Å². The number of nitrogens with zero attached hydrogens (tertiary/aromatic N) is 1. The Hall–Kier alpha value is -0.0800. The van der Waals surface area contributed by atoms with E-state index in [2.05, 4.69) is 24.2 Å². The van der Waals surface area contributed by atoms with E-state index >= 15 is 0 Å². The smallest absolute Gasteiger partial charge is 0.0104 e. The highest BCUT2D eigenvalue weighted by molar-refractivity contribution is 4.83. The number of hydrogen-bond acceptors (Lipinski definition) is 2. The molecule has 106 valence electrons. The molecule has 0 radical (unpaired) electrons. The standard InChI is InChI=1S/C16H32N2/c1-3-14-7-6-11-18(12-10-14)13-15-8-4-5-9-16(15)17-2/h14-17H,3-13H2,1-2H3. The minimum atomic E-state index is 0.781. The molecule has 0 amide bonds. The number of likely N-dealkylation sites (tertiary alicyclic amines) is 1. The molecule has 1 aliphatic heterocycles. The van der Waals surface area contributed by atoms with Gasteiger partial charge in [-0.2, -0.15) is 0 Å². The van der Waals surface area contributed by atoms with Crippen LogP contribution in [0.4, 0.5) is 0 Å². The minimum Gasteiger partial charge on any atom is -0.317 e. The fraction of sp³-hybridized carbons (Fsp3) is 1.00. The average molecular weight is 252 g/mol. The molecular weight excluding hydrogens is 220 g/mol. The Morgan fingerprint density at radius 3 is 2.61 bits per heavy atom. The number of rotatable bonds is 4. The van der Waals surface area contributed by atoms with E-state index in [1.54, 1.807) is 0 Å². The van der Waals surface area contributed by atoms with E-state index < -0.39 is 0 Å². The van der Waals surface area contributed by atoms with Gasteiger partial charge in [0.05, 0.1) is 0 Å². The van der Waals surface area contributed by atoms with Crippen LogP contribution in [0.2, 0.25) is 0 Å². The summed E-state index contributed by atoms with van der Waals surface area (Å²) in [6.07, 6.45) is 11.4. The summed E-state index contributed by atoms with van der Waals surface area (Å²) in [5.41, 5.74) is 0. The number of hydrogen-bond donors (Lipinski definition) is 1. The molecule has 2 heteroatoms. The summed E-state index contributed by atoms with van der Waals surface area (Å²) < 4.78 is 0. The lowest BCUT2D eigenvalue weighted by molar-refractivity contribution is 0.174. The fourth-order valence-electron chi connectivity index (χ4n) is 3.95. The van der Waals surface area contributed by atoms with Crippen LogP contribution in [-0.4, -0.2) is 37.6 Å². The van der Waals surface area contributed by atoms with Gasteiger partial charge in [0.25, 0.3) is 0 Å². The molecule has 0 spiro atoms. The zero-order chi connectivity index (χ0) is 12.8. The van der Waals surface area contributed by atoms with Crippen LogP contribution >= 0.6 is 0 Å². The van der Waals surface area contributed by atoms with Gasteiger partial charge in [-0.1, -0.05) is 26.2 Å². The summed E-state index contributed by atoms with van der Waals surface area (Å²) in [7, 11) is 2.15. The molecule has 0 aromatic carbocycles. The second kappa shape index (κ2) is 7.49. The molecule has 1 heterocycles. The fourth-order valence-corrected chi connectivity index (χ4v) is 3.95. The van der Waals surface area contributed by atoms with Gasteiger partial charge in [-0.25, -0.2) is 0 Å². The van der Waals surface area contributed by atoms with Crippen LogP contribution in [0, 0.1) is 11.8 Å². The third kappa shape index (κ3) is 3.96. The SMILES string of the molecule is CCC1CCCN(CC2CCCCC2NC)CC1. The molecule has 2 fully saturated rings. The zero-order valence-corrected chi connectivity index (χ0v) is 12.5. The summed E-state index contributed by atoms with van der Waals surface area (Å²) >= 11 is 0. The first-order valence-electron chi connectivity index (χ1n) is 8.23. The van der Waals surface area contributed by atoms with Gasteiger partial charge in [0.2, 0.25) is 0 Å². The summed E-state index contributed by atoms with van der Waals surface area (Å²) in [6.45, 7) is 6.41. The second-order valence-electron chi connectivity index (χ2n) is 6.45. The molecule has 1 aliphatic carbocycles. The van der Waals surface area contributed by atoms with Gasteiger partial charge in [0.1, 0.15) is 0 Å². The van der Waals surface area contributed by atoms with E-state index in [1.165, 1.54) is 71.0 Å². The summed E-state index contributed by atoms with van der Waals surface area (Å²) in [5, 5.41) is 3.55. The van der Waals surface area contributed by atoms with Gasteiger partial charge in [0, 0.05) is 12.6 Å². The Labute approximate surface area is 114 Å². The Balaban J connectivity index is 1.80. The predicted octanol–water partition coefficient (Wildman–Crippen LogP) is 3.28. The van der Waals surface area contributed by atoms with E-state index in [1.807, 2.05) is 0 Å². The molecule has 18 heavy (non-hydrogen) atoms. The maximum Gasteiger partial charge on any atom is 0.0104 e. The Kier molecular flexibility index (Phi) is 5.97. The van der Waals surface area contributed by atoms with Crippen molar-refractivity contribution in [3.8, 4) is 0 Å². The minimum absolute atomic E-state index is 0.781. The molecule has 3 atom stereocenters. The van der Waals surface area contributed by atoms with Gasteiger partial charge >= 0.3 is 0 Å². The first-order valence-corrected chi connectivity index (χ1v) is 8.23. The van der Waals surface area contributed by atoms with Crippen molar-refractivity contribution in [2.24, 2.45) is 11.8 Å². The Morgan fingerprint density at radius 2 is 1.83 bits per heavy atom. The molecule has 3 unspecified atom stereocenters. The normalized spacial score (nSPS) is 35.3. The molecule has 0 bridgehead atoms. The van der Waals surface area contributed by atoms with Crippen LogP contribution in [0.15, 0.2) is 0 Å². The highest BCUT2D eigenvalue weighted by atomic mass is 15.1. The van der Waals surface area contributed by atoms with Crippen LogP contribution in [0.25, 0.3) is 0 Å². The van der Waals surface area contributed by atoms with E-state index in [-0.39, 0.29) is 0 Å². The summed E-state index contributed by atoms with van der Waals surface area (Å²) in [5.74, 6) is 1.91. The topological polar surface area (TPSA) is 15.3 Å². The van der Waals surface area contributed by atoms with E-state index in [0.717, 1.165) is 17.9 Å². The highest BCUT2D eigenvalue weighted by Crippen LogP contribution is 2.27. The molecule has 1 N–H and O–H groups in total. The first-order chi connectivity index (χ1) is 8.83. The maximum atomic E-state index is 3.55. The molecule has 0 aromatic rings. The molecule has 0 aromatic heterocycles. The Bertz CT molecular complexity index is 229. The monoisotopic (exact) mass is 252 g/mol. The van der Waals surface area contributed by atoms with Gasteiger partial charge in [0.15, 0.2) is 0 Å². The maximum absolute atomic E-state index is 3.55. The molecule has 2 aliphatic rings. The van der Waals surface area contributed by atoms with Crippen LogP contribution in [-0.2, 0) is 0 Å². The first kappa shape index (κ1) is 14.3. The van der Waals surface area contributed by atoms with Crippen LogP contribution in [0.5, 0.6) is 0 Å². The lowest BCUT2D eigenvalue weighted by atomic mass is 9.84. The van der Waals surface area contributed by atoms with Crippen molar-refractivity contribution in [1.29, 1.82) is 0 Å². The number of nitrogens with one attached hydrogen (secondary N) is 1. The van der Waals surface area contributed by atoms with Crippen LogP contribution in [0.1, 0.15) is 58.3 Å². The van der Waals surface area contributed by atoms with Crippen LogP contribution in [0.3, 0.4) is 0 Å². The average Bonchev–Trinajstić information content (AvgIpc) is 2.64. The molecule has 1 saturated carbocycles. The van der Waals surface area contributed by atoms with E-state index in [9.17, 15) is 0 Å². The molecule has 2 rings (SSSR count). The van der Waals surface area contributed by atoms with Crippen LogP contribution < -0.4 is 5.32 Å². The van der Waals surface area contributed by atoms with Crippen molar-refractivity contribution >= 4 is 0 Å². The van der Waals surface area contributed by atoms with Crippen molar-refractivity contribution in [3.63, 3.8) is 0 Å². The second-order valence-corrected chi connectivity index (χ2v) is 6.45. The lowest BCUT2D eigenvalue weighted by Crippen LogP contribution is -2.43. The molecule has 2 nitrogen and oxygen atoms in total. The Morgan fingerprint density at radius 1 is 1.00 bits per heavy atom. The third-order valence-electron chi connectivity index (χ3n) is 5.29. The van der Waals surface area contributed by atoms with Gasteiger partial charge < -0.3 is 10.2 Å². The van der Waals surface area contributed by atoms with Crippen molar-refractivity contribution in [3.05, 3.63) is 0 Å². The zero-order valence-electron chi connectivity index (χ0n) is 12.5. The lowest BCUT2D eigenvalue weighted by Gasteiger charge is -2.35. The van der Waals surface area contributed by atoms with Gasteiger partial charge in [-0.05, 0) is 64.1 Å². The summed E-state index contributed by atoms with van der Waals surface area (Å²) in [4.78, 5) is 2.76. The van der Waals surface area contributed by atoms with Crippen molar-refractivity contribution in [2.75, 3.05) is 26.7 Å². The van der Waals surface area contributed by atoms with E-state index in [0.29, 0.717) is 0 Å².